The minimum Gasteiger partial charge on any atom is -0.481 e. The maximum absolute atomic E-state index is 12.4. The molecular formula is C18H21NO4. The van der Waals surface area contributed by atoms with Crippen LogP contribution >= 0.6 is 0 Å². The lowest BCUT2D eigenvalue weighted by Gasteiger charge is -2.09. The second-order valence-corrected chi connectivity index (χ2v) is 5.91. The van der Waals surface area contributed by atoms with Crippen LogP contribution in [-0.4, -0.2) is 17.0 Å². The molecule has 2 aromatic rings. The first-order valence-corrected chi connectivity index (χ1v) is 7.54. The molecule has 5 nitrogen and oxygen atoms in total. The van der Waals surface area contributed by atoms with Crippen LogP contribution in [0.15, 0.2) is 34.7 Å². The molecule has 23 heavy (non-hydrogen) atoms. The number of hydrogen-bond donors (Lipinski definition) is 2. The van der Waals surface area contributed by atoms with Gasteiger partial charge in [-0.25, -0.2) is 0 Å². The first-order valence-electron chi connectivity index (χ1n) is 7.54. The van der Waals surface area contributed by atoms with E-state index in [1.54, 1.807) is 44.2 Å². The predicted molar refractivity (Wildman–Crippen MR) is 88.0 cm³/mol. The fourth-order valence-electron chi connectivity index (χ4n) is 2.24. The quantitative estimate of drug-likeness (QED) is 0.868. The second-order valence-electron chi connectivity index (χ2n) is 5.91. The number of amides is 1. The van der Waals surface area contributed by atoms with Crippen molar-refractivity contribution in [2.75, 3.05) is 5.32 Å². The molecule has 2 N–H and O–H groups in total. The van der Waals surface area contributed by atoms with E-state index >= 15 is 0 Å². The summed E-state index contributed by atoms with van der Waals surface area (Å²) in [6.07, 6.45) is 0. The number of hydrogen-bond acceptors (Lipinski definition) is 3. The van der Waals surface area contributed by atoms with E-state index in [0.29, 0.717) is 22.6 Å². The van der Waals surface area contributed by atoms with E-state index in [1.165, 1.54) is 0 Å². The molecule has 0 bridgehead atoms. The van der Waals surface area contributed by atoms with Crippen molar-refractivity contribution < 1.29 is 19.1 Å². The van der Waals surface area contributed by atoms with Gasteiger partial charge in [0.25, 0.3) is 5.91 Å². The van der Waals surface area contributed by atoms with Gasteiger partial charge in [0, 0.05) is 11.6 Å². The van der Waals surface area contributed by atoms with Crippen LogP contribution in [0.5, 0.6) is 0 Å². The van der Waals surface area contributed by atoms with Crippen LogP contribution in [0.4, 0.5) is 5.69 Å². The van der Waals surface area contributed by atoms with Gasteiger partial charge in [-0.05, 0) is 37.6 Å². The fraction of sp³-hybridized carbons (Fsp3) is 0.333. The molecule has 0 saturated heterocycles. The highest BCUT2D eigenvalue weighted by Crippen LogP contribution is 2.24. The number of anilines is 1. The van der Waals surface area contributed by atoms with Gasteiger partial charge in [-0.2, -0.15) is 0 Å². The van der Waals surface area contributed by atoms with Crippen molar-refractivity contribution in [3.8, 4) is 0 Å². The SMILES string of the molecule is Cc1oc(C(C)C)cc1C(=O)Nc1cccc(C(C)C(=O)O)c1. The van der Waals surface area contributed by atoms with Crippen molar-refractivity contribution in [1.29, 1.82) is 0 Å². The van der Waals surface area contributed by atoms with Gasteiger partial charge in [-0.15, -0.1) is 0 Å². The molecule has 0 saturated carbocycles. The van der Waals surface area contributed by atoms with E-state index in [2.05, 4.69) is 5.32 Å². The normalized spacial score (nSPS) is 12.2. The van der Waals surface area contributed by atoms with Gasteiger partial charge in [-0.3, -0.25) is 9.59 Å². The molecule has 0 aliphatic rings. The number of aliphatic carboxylic acids is 1. The zero-order chi connectivity index (χ0) is 17.1. The minimum absolute atomic E-state index is 0.204. The van der Waals surface area contributed by atoms with Crippen molar-refractivity contribution in [1.82, 2.24) is 0 Å². The Labute approximate surface area is 135 Å². The van der Waals surface area contributed by atoms with Gasteiger partial charge in [0.15, 0.2) is 0 Å². The Morgan fingerprint density at radius 2 is 1.87 bits per heavy atom. The highest BCUT2D eigenvalue weighted by molar-refractivity contribution is 6.05. The number of furan rings is 1. The summed E-state index contributed by atoms with van der Waals surface area (Å²) >= 11 is 0. The number of carboxylic acids is 1. The van der Waals surface area contributed by atoms with Crippen LogP contribution in [0.3, 0.4) is 0 Å². The molecule has 1 aromatic carbocycles. The number of rotatable bonds is 5. The Morgan fingerprint density at radius 3 is 2.43 bits per heavy atom. The lowest BCUT2D eigenvalue weighted by atomic mass is 10.0. The first kappa shape index (κ1) is 16.8. The summed E-state index contributed by atoms with van der Waals surface area (Å²) in [6, 6.07) is 8.61. The Kier molecular flexibility index (Phi) is 4.89. The van der Waals surface area contributed by atoms with Crippen LogP contribution < -0.4 is 5.32 Å². The molecule has 0 radical (unpaired) electrons. The molecule has 0 aliphatic carbocycles. The number of nitrogens with one attached hydrogen (secondary N) is 1. The molecule has 122 valence electrons. The van der Waals surface area contributed by atoms with E-state index in [1.807, 2.05) is 13.8 Å². The number of carboxylic acid groups (broad SMARTS) is 1. The van der Waals surface area contributed by atoms with Crippen LogP contribution in [0, 0.1) is 6.92 Å². The van der Waals surface area contributed by atoms with Crippen LogP contribution in [0.2, 0.25) is 0 Å². The van der Waals surface area contributed by atoms with E-state index < -0.39 is 11.9 Å². The van der Waals surface area contributed by atoms with Crippen LogP contribution in [0.1, 0.15) is 60.0 Å². The summed E-state index contributed by atoms with van der Waals surface area (Å²) in [4.78, 5) is 23.5. The third-order valence-corrected chi connectivity index (χ3v) is 3.77. The van der Waals surface area contributed by atoms with Gasteiger partial charge in [0.05, 0.1) is 11.5 Å². The van der Waals surface area contributed by atoms with Crippen LogP contribution in [0.25, 0.3) is 0 Å². The Morgan fingerprint density at radius 1 is 1.17 bits per heavy atom. The third-order valence-electron chi connectivity index (χ3n) is 3.77. The Balaban J connectivity index is 2.21. The zero-order valence-electron chi connectivity index (χ0n) is 13.7. The summed E-state index contributed by atoms with van der Waals surface area (Å²) in [6.45, 7) is 7.36. The largest absolute Gasteiger partial charge is 0.481 e. The average molecular weight is 315 g/mol. The fourth-order valence-corrected chi connectivity index (χ4v) is 2.24. The third kappa shape index (κ3) is 3.80. The van der Waals surface area contributed by atoms with E-state index in [9.17, 15) is 9.59 Å². The number of benzene rings is 1. The van der Waals surface area contributed by atoms with Crippen molar-refractivity contribution in [3.05, 3.63) is 53.0 Å². The monoisotopic (exact) mass is 315 g/mol. The standard InChI is InChI=1S/C18H21NO4/c1-10(2)16-9-15(12(4)23-16)17(20)19-14-7-5-6-13(8-14)11(3)18(21)22/h5-11H,1-4H3,(H,19,20)(H,21,22). The van der Waals surface area contributed by atoms with E-state index in [0.717, 1.165) is 5.76 Å². The second kappa shape index (κ2) is 6.69. The molecule has 2 rings (SSSR count). The smallest absolute Gasteiger partial charge is 0.310 e. The molecule has 0 aliphatic heterocycles. The number of carbonyl (C=O) groups is 2. The summed E-state index contributed by atoms with van der Waals surface area (Å²) < 4.78 is 5.59. The molecule has 0 fully saturated rings. The zero-order valence-corrected chi connectivity index (χ0v) is 13.7. The molecule has 1 aromatic heterocycles. The molecular weight excluding hydrogens is 294 g/mol. The molecule has 1 amide bonds. The summed E-state index contributed by atoms with van der Waals surface area (Å²) in [5, 5.41) is 11.9. The Bertz CT molecular complexity index is 730. The highest BCUT2D eigenvalue weighted by Gasteiger charge is 2.18. The molecule has 1 heterocycles. The number of aryl methyl sites for hydroxylation is 1. The van der Waals surface area contributed by atoms with E-state index in [-0.39, 0.29) is 11.8 Å². The number of carbonyl (C=O) groups excluding carboxylic acids is 1. The van der Waals surface area contributed by atoms with Crippen molar-refractivity contribution in [3.63, 3.8) is 0 Å². The lowest BCUT2D eigenvalue weighted by Crippen LogP contribution is -2.13. The average Bonchev–Trinajstić information content (AvgIpc) is 2.89. The molecule has 1 atom stereocenters. The summed E-state index contributed by atoms with van der Waals surface area (Å²) in [5.41, 5.74) is 1.69. The maximum atomic E-state index is 12.4. The topological polar surface area (TPSA) is 79.5 Å². The first-order chi connectivity index (χ1) is 10.8. The maximum Gasteiger partial charge on any atom is 0.310 e. The van der Waals surface area contributed by atoms with Crippen molar-refractivity contribution in [2.24, 2.45) is 0 Å². The van der Waals surface area contributed by atoms with Gasteiger partial charge in [-0.1, -0.05) is 26.0 Å². The molecule has 0 spiro atoms. The van der Waals surface area contributed by atoms with Gasteiger partial charge >= 0.3 is 5.97 Å². The Hall–Kier alpha value is -2.56. The van der Waals surface area contributed by atoms with Gasteiger partial charge in [0.1, 0.15) is 11.5 Å². The minimum atomic E-state index is -0.902. The predicted octanol–water partition coefficient (Wildman–Crippen LogP) is 4.15. The van der Waals surface area contributed by atoms with Gasteiger partial charge in [0.2, 0.25) is 0 Å². The lowest BCUT2D eigenvalue weighted by molar-refractivity contribution is -0.138. The van der Waals surface area contributed by atoms with Crippen molar-refractivity contribution >= 4 is 17.6 Å². The van der Waals surface area contributed by atoms with E-state index in [4.69, 9.17) is 9.52 Å². The summed E-state index contributed by atoms with van der Waals surface area (Å²) in [7, 11) is 0. The van der Waals surface area contributed by atoms with Gasteiger partial charge < -0.3 is 14.8 Å². The molecule has 1 unspecified atom stereocenters. The van der Waals surface area contributed by atoms with Crippen molar-refractivity contribution in [2.45, 2.75) is 39.5 Å². The summed E-state index contributed by atoms with van der Waals surface area (Å²) in [5.74, 6) is -0.258. The van der Waals surface area contributed by atoms with Crippen LogP contribution in [-0.2, 0) is 4.79 Å². The molecule has 5 heteroatoms. The highest BCUT2D eigenvalue weighted by atomic mass is 16.4.